The van der Waals surface area contributed by atoms with Crippen molar-refractivity contribution in [3.8, 4) is 0 Å². The van der Waals surface area contributed by atoms with Crippen LogP contribution in [-0.2, 0) is 19.8 Å². The molecule has 2 N–H and O–H groups in total. The molecule has 2 amide bonds. The lowest BCUT2D eigenvalue weighted by Crippen LogP contribution is -2.44. The molecular formula is C16H19F4N3O5S. The fourth-order valence-corrected chi connectivity index (χ4v) is 3.02. The number of hydrogen-bond acceptors (Lipinski definition) is 5. The van der Waals surface area contributed by atoms with Gasteiger partial charge >= 0.3 is 16.4 Å². The van der Waals surface area contributed by atoms with Gasteiger partial charge in [0.1, 0.15) is 5.82 Å². The molecule has 0 unspecified atom stereocenters. The van der Waals surface area contributed by atoms with Crippen molar-refractivity contribution in [3.63, 3.8) is 0 Å². The van der Waals surface area contributed by atoms with Gasteiger partial charge in [-0.25, -0.2) is 9.11 Å². The number of amides is 2. The summed E-state index contributed by atoms with van der Waals surface area (Å²) in [6.07, 6.45) is -6.81. The van der Waals surface area contributed by atoms with Gasteiger partial charge in [-0.1, -0.05) is 0 Å². The number of Topliss-reactive ketones (excluding diaryl/α,β-unsaturated/α-hetero) is 1. The third kappa shape index (κ3) is 6.49. The zero-order valence-electron chi connectivity index (χ0n) is 15.8. The summed E-state index contributed by atoms with van der Waals surface area (Å²) in [6, 6.07) is 1.08. The first kappa shape index (κ1) is 24.5. The van der Waals surface area contributed by atoms with E-state index in [4.69, 9.17) is 0 Å². The minimum Gasteiger partial charge on any atom is -0.323 e. The molecular weight excluding hydrogens is 422 g/mol. The van der Waals surface area contributed by atoms with Gasteiger partial charge in [0.2, 0.25) is 11.7 Å². The Kier molecular flexibility index (Phi) is 7.49. The number of halogens is 4. The van der Waals surface area contributed by atoms with Gasteiger partial charge in [0.25, 0.3) is 5.91 Å². The van der Waals surface area contributed by atoms with Crippen LogP contribution >= 0.6 is 0 Å². The van der Waals surface area contributed by atoms with Gasteiger partial charge in [0, 0.05) is 18.7 Å². The van der Waals surface area contributed by atoms with Crippen LogP contribution in [0.15, 0.2) is 12.1 Å². The lowest BCUT2D eigenvalue weighted by atomic mass is 10.1. The predicted molar refractivity (Wildman–Crippen MR) is 94.7 cm³/mol. The zero-order chi connectivity index (χ0) is 22.7. The Morgan fingerprint density at radius 3 is 2.21 bits per heavy atom. The largest absolute Gasteiger partial charge is 0.450 e. The molecule has 8 nitrogen and oxygen atoms in total. The normalized spacial score (nSPS) is 12.2. The van der Waals surface area contributed by atoms with Gasteiger partial charge < -0.3 is 5.32 Å². The van der Waals surface area contributed by atoms with Crippen molar-refractivity contribution < 1.29 is 40.4 Å². The lowest BCUT2D eigenvalue weighted by Gasteiger charge is -2.21. The molecule has 0 aliphatic rings. The van der Waals surface area contributed by atoms with Gasteiger partial charge in [-0.15, -0.1) is 0 Å². The van der Waals surface area contributed by atoms with Crippen LogP contribution < -0.4 is 10.0 Å². The Bertz CT molecular complexity index is 929. The number of aryl methyl sites for hydroxylation is 1. The van der Waals surface area contributed by atoms with E-state index in [1.54, 1.807) is 23.9 Å². The number of hydrogen-bond donors (Lipinski definition) is 2. The summed E-state index contributed by atoms with van der Waals surface area (Å²) >= 11 is 0. The fraction of sp³-hybridized carbons (Fsp3) is 0.438. The van der Waals surface area contributed by atoms with Crippen LogP contribution in [0.4, 0.5) is 23.2 Å². The lowest BCUT2D eigenvalue weighted by molar-refractivity contribution is -0.171. The Morgan fingerprint density at radius 2 is 1.72 bits per heavy atom. The van der Waals surface area contributed by atoms with Crippen LogP contribution in [-0.4, -0.2) is 49.6 Å². The molecule has 1 aromatic rings. The van der Waals surface area contributed by atoms with Crippen molar-refractivity contribution >= 4 is 33.5 Å². The topological polar surface area (TPSA) is 113 Å². The highest BCUT2D eigenvalue weighted by Crippen LogP contribution is 2.22. The van der Waals surface area contributed by atoms with Crippen molar-refractivity contribution in [2.24, 2.45) is 0 Å². The van der Waals surface area contributed by atoms with Gasteiger partial charge in [0.15, 0.2) is 0 Å². The average molecular weight is 441 g/mol. The minimum atomic E-state index is -5.23. The first-order chi connectivity index (χ1) is 13.1. The smallest absolute Gasteiger partial charge is 0.323 e. The third-order valence-electron chi connectivity index (χ3n) is 3.80. The number of rotatable bonds is 7. The number of carbonyl (C=O) groups excluding carboxylic acids is 3. The molecule has 162 valence electrons. The molecule has 0 aliphatic heterocycles. The second-order valence-corrected chi connectivity index (χ2v) is 8.07. The van der Waals surface area contributed by atoms with Crippen LogP contribution in [0.1, 0.15) is 36.2 Å². The van der Waals surface area contributed by atoms with Crippen molar-refractivity contribution in [2.75, 3.05) is 12.4 Å². The summed E-state index contributed by atoms with van der Waals surface area (Å²) in [5.74, 6) is -6.01. The molecule has 0 saturated carbocycles. The molecule has 0 spiro atoms. The first-order valence-electron chi connectivity index (χ1n) is 8.06. The minimum absolute atomic E-state index is 0.00627. The molecule has 0 radical (unpaired) electrons. The van der Waals surface area contributed by atoms with Gasteiger partial charge in [-0.05, 0) is 38.5 Å². The Hall–Kier alpha value is -2.54. The van der Waals surface area contributed by atoms with E-state index in [1.165, 1.54) is 14.0 Å². The highest BCUT2D eigenvalue weighted by atomic mass is 32.2. The van der Waals surface area contributed by atoms with Gasteiger partial charge in [-0.2, -0.15) is 25.9 Å². The van der Waals surface area contributed by atoms with E-state index in [-0.39, 0.29) is 11.1 Å². The Labute approximate surface area is 164 Å². The summed E-state index contributed by atoms with van der Waals surface area (Å²) in [6.45, 7) is 4.40. The number of carbonyl (C=O) groups is 3. The maximum atomic E-state index is 14.0. The van der Waals surface area contributed by atoms with E-state index in [0.29, 0.717) is 0 Å². The molecule has 29 heavy (non-hydrogen) atoms. The van der Waals surface area contributed by atoms with Gasteiger partial charge in [-0.3, -0.25) is 14.4 Å². The molecule has 13 heteroatoms. The van der Waals surface area contributed by atoms with E-state index in [9.17, 15) is 40.4 Å². The number of anilines is 1. The van der Waals surface area contributed by atoms with Crippen molar-refractivity contribution in [3.05, 3.63) is 29.1 Å². The maximum Gasteiger partial charge on any atom is 0.450 e. The fourth-order valence-electron chi connectivity index (χ4n) is 1.98. The van der Waals surface area contributed by atoms with Crippen LogP contribution in [0.2, 0.25) is 0 Å². The molecule has 0 aliphatic carbocycles. The van der Waals surface area contributed by atoms with Crippen molar-refractivity contribution in [2.45, 2.75) is 39.4 Å². The van der Waals surface area contributed by atoms with Crippen LogP contribution in [0.5, 0.6) is 0 Å². The predicted octanol–water partition coefficient (Wildman–Crippen LogP) is 1.91. The van der Waals surface area contributed by atoms with Crippen LogP contribution in [0, 0.1) is 12.7 Å². The SMILES string of the molecule is Cc1cc(F)c(NC(=O)CC(=O)C(F)(F)F)cc1C(=O)NS(=O)(=O)N(C)C(C)C. The third-order valence-corrected chi connectivity index (χ3v) is 5.42. The highest BCUT2D eigenvalue weighted by Gasteiger charge is 2.39. The molecule has 0 aromatic heterocycles. The summed E-state index contributed by atoms with van der Waals surface area (Å²) in [7, 11) is -3.00. The number of ketones is 1. The number of nitrogens with one attached hydrogen (secondary N) is 2. The molecule has 1 aromatic carbocycles. The highest BCUT2D eigenvalue weighted by molar-refractivity contribution is 7.87. The van der Waals surface area contributed by atoms with E-state index < -0.39 is 58.0 Å². The van der Waals surface area contributed by atoms with E-state index in [2.05, 4.69) is 0 Å². The average Bonchev–Trinajstić information content (AvgIpc) is 2.54. The number of benzene rings is 1. The molecule has 0 bridgehead atoms. The molecule has 0 heterocycles. The van der Waals surface area contributed by atoms with Gasteiger partial charge in [0.05, 0.1) is 12.1 Å². The van der Waals surface area contributed by atoms with E-state index in [1.807, 2.05) is 0 Å². The molecule has 0 atom stereocenters. The number of nitrogens with zero attached hydrogens (tertiary/aromatic N) is 1. The monoisotopic (exact) mass is 441 g/mol. The number of alkyl halides is 3. The van der Waals surface area contributed by atoms with E-state index >= 15 is 0 Å². The summed E-state index contributed by atoms with van der Waals surface area (Å²) in [5, 5.41) is 1.76. The maximum absolute atomic E-state index is 14.0. The molecule has 0 saturated heterocycles. The zero-order valence-corrected chi connectivity index (χ0v) is 16.7. The second kappa shape index (κ2) is 8.86. The summed E-state index contributed by atoms with van der Waals surface area (Å²) in [5.41, 5.74) is -1.02. The second-order valence-electron chi connectivity index (χ2n) is 6.34. The van der Waals surface area contributed by atoms with Crippen LogP contribution in [0.3, 0.4) is 0 Å². The quantitative estimate of drug-likeness (QED) is 0.496. The Balaban J connectivity index is 3.10. The van der Waals surface area contributed by atoms with E-state index in [0.717, 1.165) is 16.4 Å². The molecule has 1 rings (SSSR count). The standard InChI is InChI=1S/C16H19F4N3O5S/c1-8(2)23(4)29(27,28)22-15(26)10-6-12(11(17)5-9(10)3)21-14(25)7-13(24)16(18,19)20/h5-6,8H,7H2,1-4H3,(H,21,25)(H,22,26). The Morgan fingerprint density at radius 1 is 1.17 bits per heavy atom. The van der Waals surface area contributed by atoms with Crippen LogP contribution in [0.25, 0.3) is 0 Å². The first-order valence-corrected chi connectivity index (χ1v) is 9.50. The molecule has 0 fully saturated rings. The summed E-state index contributed by atoms with van der Waals surface area (Å²) < 4.78 is 77.5. The van der Waals surface area contributed by atoms with Crippen molar-refractivity contribution in [1.82, 2.24) is 9.03 Å². The van der Waals surface area contributed by atoms with Crippen molar-refractivity contribution in [1.29, 1.82) is 0 Å². The summed E-state index contributed by atoms with van der Waals surface area (Å²) in [4.78, 5) is 34.7.